The summed E-state index contributed by atoms with van der Waals surface area (Å²) in [7, 11) is 0. The second-order valence-corrected chi connectivity index (χ2v) is 3.82. The summed E-state index contributed by atoms with van der Waals surface area (Å²) in [5.74, 6) is -1.52. The zero-order valence-electron chi connectivity index (χ0n) is 8.14. The summed E-state index contributed by atoms with van der Waals surface area (Å²) in [6.07, 6.45) is 2.24. The Labute approximate surface area is 86.7 Å². The molecule has 1 fully saturated rings. The predicted octanol–water partition coefficient (Wildman–Crippen LogP) is -1.39. The number of piperidine rings is 1. The molecule has 0 aromatic rings. The maximum absolute atomic E-state index is 11.5. The van der Waals surface area contributed by atoms with Gasteiger partial charge in [0.25, 0.3) is 11.8 Å². The Bertz CT molecular complexity index is 339. The van der Waals surface area contributed by atoms with Crippen LogP contribution in [0.5, 0.6) is 0 Å². The molecular formula is C9H13N3O3. The van der Waals surface area contributed by atoms with E-state index in [-0.39, 0.29) is 17.5 Å². The second-order valence-electron chi connectivity index (χ2n) is 3.82. The standard InChI is InChI=1S/C9H13N3O3/c10-8(13)6-3-5-4-11-2-1-7(5)12(15)9(6)14/h3,5,7,11,15H,1-2,4H2,(H2,10,13). The zero-order chi connectivity index (χ0) is 11.0. The van der Waals surface area contributed by atoms with Gasteiger partial charge in [0, 0.05) is 12.5 Å². The maximum atomic E-state index is 11.5. The van der Waals surface area contributed by atoms with Crippen molar-refractivity contribution in [3.8, 4) is 0 Å². The van der Waals surface area contributed by atoms with Gasteiger partial charge in [0.05, 0.1) is 6.04 Å². The summed E-state index contributed by atoms with van der Waals surface area (Å²) in [5.41, 5.74) is 4.93. The van der Waals surface area contributed by atoms with E-state index in [0.717, 1.165) is 6.54 Å². The molecule has 0 radical (unpaired) electrons. The van der Waals surface area contributed by atoms with Crippen LogP contribution in [-0.2, 0) is 9.59 Å². The second kappa shape index (κ2) is 3.63. The number of primary amides is 1. The zero-order valence-corrected chi connectivity index (χ0v) is 8.14. The highest BCUT2D eigenvalue weighted by Gasteiger charge is 2.38. The molecule has 2 atom stereocenters. The fourth-order valence-corrected chi connectivity index (χ4v) is 2.09. The van der Waals surface area contributed by atoms with Gasteiger partial charge < -0.3 is 11.1 Å². The lowest BCUT2D eigenvalue weighted by atomic mass is 9.87. The summed E-state index contributed by atoms with van der Waals surface area (Å²) in [4.78, 5) is 22.5. The smallest absolute Gasteiger partial charge is 0.282 e. The predicted molar refractivity (Wildman–Crippen MR) is 50.7 cm³/mol. The number of hydrogen-bond acceptors (Lipinski definition) is 4. The summed E-state index contributed by atoms with van der Waals surface area (Å²) < 4.78 is 0. The average Bonchev–Trinajstić information content (AvgIpc) is 2.23. The van der Waals surface area contributed by atoms with Gasteiger partial charge in [-0.15, -0.1) is 0 Å². The summed E-state index contributed by atoms with van der Waals surface area (Å²) >= 11 is 0. The molecule has 2 aliphatic heterocycles. The van der Waals surface area contributed by atoms with Crippen LogP contribution >= 0.6 is 0 Å². The lowest BCUT2D eigenvalue weighted by Crippen LogP contribution is -2.54. The van der Waals surface area contributed by atoms with E-state index < -0.39 is 11.8 Å². The third-order valence-electron chi connectivity index (χ3n) is 2.89. The van der Waals surface area contributed by atoms with Crippen LogP contribution < -0.4 is 11.1 Å². The molecule has 82 valence electrons. The Kier molecular flexibility index (Phi) is 2.45. The summed E-state index contributed by atoms with van der Waals surface area (Å²) in [6, 6.07) is -0.234. The van der Waals surface area contributed by atoms with E-state index in [1.807, 2.05) is 0 Å². The van der Waals surface area contributed by atoms with Crippen LogP contribution in [0.1, 0.15) is 6.42 Å². The number of hydroxylamine groups is 2. The highest BCUT2D eigenvalue weighted by Crippen LogP contribution is 2.25. The normalized spacial score (nSPS) is 30.9. The maximum Gasteiger partial charge on any atom is 0.282 e. The minimum Gasteiger partial charge on any atom is -0.365 e. The molecule has 2 unspecified atom stereocenters. The van der Waals surface area contributed by atoms with Crippen molar-refractivity contribution < 1.29 is 14.8 Å². The first-order valence-corrected chi connectivity index (χ1v) is 4.86. The van der Waals surface area contributed by atoms with Gasteiger partial charge in [0.15, 0.2) is 0 Å². The molecule has 0 aromatic heterocycles. The molecule has 0 spiro atoms. The molecule has 6 heteroatoms. The van der Waals surface area contributed by atoms with Crippen molar-refractivity contribution in [3.05, 3.63) is 11.6 Å². The van der Waals surface area contributed by atoms with Crippen LogP contribution in [-0.4, -0.2) is 41.2 Å². The van der Waals surface area contributed by atoms with Crippen molar-refractivity contribution >= 4 is 11.8 Å². The van der Waals surface area contributed by atoms with Crippen molar-refractivity contribution in [1.82, 2.24) is 10.4 Å². The number of fused-ring (bicyclic) bond motifs is 1. The molecule has 2 rings (SSSR count). The first-order chi connectivity index (χ1) is 7.11. The first-order valence-electron chi connectivity index (χ1n) is 4.86. The number of carbonyl (C=O) groups is 2. The largest absolute Gasteiger partial charge is 0.365 e. The Hall–Kier alpha value is -1.40. The number of nitrogens with one attached hydrogen (secondary N) is 1. The van der Waals surface area contributed by atoms with E-state index >= 15 is 0 Å². The van der Waals surface area contributed by atoms with E-state index in [2.05, 4.69) is 5.32 Å². The third-order valence-corrected chi connectivity index (χ3v) is 2.89. The van der Waals surface area contributed by atoms with Crippen LogP contribution in [0, 0.1) is 5.92 Å². The van der Waals surface area contributed by atoms with Gasteiger partial charge in [-0.1, -0.05) is 6.08 Å². The molecule has 0 aromatic carbocycles. The van der Waals surface area contributed by atoms with Gasteiger partial charge in [-0.2, -0.15) is 0 Å². The van der Waals surface area contributed by atoms with Crippen molar-refractivity contribution in [3.63, 3.8) is 0 Å². The minimum atomic E-state index is -0.789. The van der Waals surface area contributed by atoms with Gasteiger partial charge in [-0.05, 0) is 13.0 Å². The van der Waals surface area contributed by atoms with Crippen molar-refractivity contribution in [2.45, 2.75) is 12.5 Å². The average molecular weight is 211 g/mol. The number of carbonyl (C=O) groups excluding carboxylic acids is 2. The van der Waals surface area contributed by atoms with Crippen molar-refractivity contribution in [1.29, 1.82) is 0 Å². The molecule has 2 heterocycles. The SMILES string of the molecule is NC(=O)C1=CC2CNCCC2N(O)C1=O. The molecular weight excluding hydrogens is 198 g/mol. The Morgan fingerprint density at radius 3 is 3.07 bits per heavy atom. The number of rotatable bonds is 1. The highest BCUT2D eigenvalue weighted by molar-refractivity contribution is 6.18. The van der Waals surface area contributed by atoms with Gasteiger partial charge in [0.2, 0.25) is 0 Å². The summed E-state index contributed by atoms with van der Waals surface area (Å²) in [6.45, 7) is 1.40. The number of nitrogens with two attached hydrogens (primary N) is 1. The van der Waals surface area contributed by atoms with Crippen LogP contribution in [0.2, 0.25) is 0 Å². The Morgan fingerprint density at radius 2 is 2.40 bits per heavy atom. The molecule has 6 nitrogen and oxygen atoms in total. The topological polar surface area (TPSA) is 95.7 Å². The van der Waals surface area contributed by atoms with Crippen molar-refractivity contribution in [2.24, 2.45) is 11.7 Å². The summed E-state index contributed by atoms with van der Waals surface area (Å²) in [5, 5.41) is 13.4. The lowest BCUT2D eigenvalue weighted by Gasteiger charge is -2.38. The van der Waals surface area contributed by atoms with Gasteiger partial charge in [0.1, 0.15) is 5.57 Å². The van der Waals surface area contributed by atoms with Crippen molar-refractivity contribution in [2.75, 3.05) is 13.1 Å². The quantitative estimate of drug-likeness (QED) is 0.367. The van der Waals surface area contributed by atoms with E-state index in [9.17, 15) is 14.8 Å². The van der Waals surface area contributed by atoms with Crippen LogP contribution in [0.3, 0.4) is 0 Å². The van der Waals surface area contributed by atoms with Crippen LogP contribution in [0.4, 0.5) is 0 Å². The van der Waals surface area contributed by atoms with Crippen LogP contribution in [0.15, 0.2) is 11.6 Å². The van der Waals surface area contributed by atoms with Gasteiger partial charge >= 0.3 is 0 Å². The third kappa shape index (κ3) is 1.62. The first kappa shape index (κ1) is 10.1. The molecule has 15 heavy (non-hydrogen) atoms. The fourth-order valence-electron chi connectivity index (χ4n) is 2.09. The lowest BCUT2D eigenvalue weighted by molar-refractivity contribution is -0.179. The van der Waals surface area contributed by atoms with Crippen LogP contribution in [0.25, 0.3) is 0 Å². The fraction of sp³-hybridized carbons (Fsp3) is 0.556. The minimum absolute atomic E-state index is 0.0380. The molecule has 2 amide bonds. The van der Waals surface area contributed by atoms with E-state index in [1.165, 1.54) is 0 Å². The molecule has 0 aliphatic carbocycles. The van der Waals surface area contributed by atoms with E-state index in [0.29, 0.717) is 18.0 Å². The van der Waals surface area contributed by atoms with E-state index in [1.54, 1.807) is 6.08 Å². The van der Waals surface area contributed by atoms with E-state index in [4.69, 9.17) is 5.73 Å². The molecule has 4 N–H and O–H groups in total. The Balaban J connectivity index is 2.32. The molecule has 2 aliphatic rings. The highest BCUT2D eigenvalue weighted by atomic mass is 16.5. The molecule has 1 saturated heterocycles. The van der Waals surface area contributed by atoms with Gasteiger partial charge in [-0.25, -0.2) is 5.06 Å². The molecule has 0 saturated carbocycles. The number of nitrogens with zero attached hydrogens (tertiary/aromatic N) is 1. The number of hydrogen-bond donors (Lipinski definition) is 3. The Morgan fingerprint density at radius 1 is 1.67 bits per heavy atom. The van der Waals surface area contributed by atoms with Gasteiger partial charge in [-0.3, -0.25) is 14.8 Å². The number of amides is 2. The monoisotopic (exact) mass is 211 g/mol. The molecule has 0 bridgehead atoms.